The van der Waals surface area contributed by atoms with Crippen LogP contribution in [0.15, 0.2) is 30.6 Å². The molecule has 1 aromatic carbocycles. The fourth-order valence-corrected chi connectivity index (χ4v) is 1.76. The Hall–Kier alpha value is -2.18. The van der Waals surface area contributed by atoms with Gasteiger partial charge in [-0.05, 0) is 24.6 Å². The Morgan fingerprint density at radius 1 is 1.26 bits per heavy atom. The molecule has 0 saturated heterocycles. The minimum atomic E-state index is -4.93. The predicted molar refractivity (Wildman–Crippen MR) is 58.8 cm³/mol. The van der Waals surface area contributed by atoms with E-state index in [1.54, 1.807) is 0 Å². The molecular formula is C12H9F4NO2. The summed E-state index contributed by atoms with van der Waals surface area (Å²) in [6.45, 7) is 1.44. The molecule has 0 amide bonds. The molecule has 0 fully saturated rings. The Labute approximate surface area is 105 Å². The van der Waals surface area contributed by atoms with Crippen LogP contribution in [0, 0.1) is 12.7 Å². The molecule has 0 radical (unpaired) electrons. The first-order chi connectivity index (χ1) is 8.76. The van der Waals surface area contributed by atoms with E-state index in [1.807, 2.05) is 0 Å². The highest BCUT2D eigenvalue weighted by molar-refractivity contribution is 5.53. The van der Waals surface area contributed by atoms with Gasteiger partial charge < -0.3 is 14.4 Å². The Bertz CT molecular complexity index is 604. The molecule has 0 saturated carbocycles. The second kappa shape index (κ2) is 4.49. The second-order valence-electron chi connectivity index (χ2n) is 3.89. The first-order valence-corrected chi connectivity index (χ1v) is 5.19. The third-order valence-corrected chi connectivity index (χ3v) is 2.39. The Morgan fingerprint density at radius 2 is 1.95 bits per heavy atom. The van der Waals surface area contributed by atoms with Crippen LogP contribution in [0.4, 0.5) is 17.6 Å². The van der Waals surface area contributed by atoms with Crippen molar-refractivity contribution in [3.8, 4) is 17.2 Å². The third kappa shape index (κ3) is 2.98. The van der Waals surface area contributed by atoms with Crippen LogP contribution >= 0.6 is 0 Å². The first kappa shape index (κ1) is 13.3. The molecule has 0 aliphatic rings. The number of nitrogens with zero attached hydrogens (tertiary/aromatic N) is 1. The number of benzene rings is 1. The summed E-state index contributed by atoms with van der Waals surface area (Å²) in [6, 6.07) is 3.02. The van der Waals surface area contributed by atoms with Gasteiger partial charge in [-0.1, -0.05) is 0 Å². The van der Waals surface area contributed by atoms with Crippen LogP contribution in [-0.4, -0.2) is 16.0 Å². The van der Waals surface area contributed by atoms with Crippen molar-refractivity contribution in [3.05, 3.63) is 42.0 Å². The average molecular weight is 275 g/mol. The van der Waals surface area contributed by atoms with Gasteiger partial charge in [-0.2, -0.15) is 0 Å². The van der Waals surface area contributed by atoms with Crippen LogP contribution in [0.3, 0.4) is 0 Å². The van der Waals surface area contributed by atoms with Crippen molar-refractivity contribution in [1.82, 2.24) is 4.57 Å². The lowest BCUT2D eigenvalue weighted by Crippen LogP contribution is -2.18. The van der Waals surface area contributed by atoms with Gasteiger partial charge in [0.05, 0.1) is 11.9 Å². The summed E-state index contributed by atoms with van der Waals surface area (Å²) in [5.74, 6) is -1.63. The largest absolute Gasteiger partial charge is 0.573 e. The van der Waals surface area contributed by atoms with Gasteiger partial charge in [0.15, 0.2) is 5.75 Å². The average Bonchev–Trinajstić information content (AvgIpc) is 2.60. The zero-order chi connectivity index (χ0) is 14.2. The Balaban J connectivity index is 2.58. The van der Waals surface area contributed by atoms with Gasteiger partial charge in [0.25, 0.3) is 0 Å². The molecule has 7 heteroatoms. The van der Waals surface area contributed by atoms with E-state index < -0.39 is 17.9 Å². The lowest BCUT2D eigenvalue weighted by atomic mass is 10.1. The maximum atomic E-state index is 13.2. The summed E-state index contributed by atoms with van der Waals surface area (Å²) >= 11 is 0. The van der Waals surface area contributed by atoms with Gasteiger partial charge in [-0.3, -0.25) is 0 Å². The molecule has 1 N–H and O–H groups in total. The topological polar surface area (TPSA) is 34.4 Å². The van der Waals surface area contributed by atoms with Crippen molar-refractivity contribution in [2.45, 2.75) is 13.3 Å². The number of ether oxygens (including phenoxy) is 1. The smallest absolute Gasteiger partial charge is 0.506 e. The number of hydrogen-bond acceptors (Lipinski definition) is 2. The minimum absolute atomic E-state index is 0.0130. The van der Waals surface area contributed by atoms with Crippen molar-refractivity contribution in [1.29, 1.82) is 0 Å². The van der Waals surface area contributed by atoms with Crippen molar-refractivity contribution in [2.24, 2.45) is 0 Å². The predicted octanol–water partition coefficient (Wildman–Crippen LogP) is 3.53. The molecule has 102 valence electrons. The molecule has 0 unspecified atom stereocenters. The van der Waals surface area contributed by atoms with Crippen molar-refractivity contribution < 1.29 is 27.4 Å². The molecule has 0 bridgehead atoms. The monoisotopic (exact) mass is 275 g/mol. The molecular weight excluding hydrogens is 266 g/mol. The zero-order valence-corrected chi connectivity index (χ0v) is 9.70. The third-order valence-electron chi connectivity index (χ3n) is 2.39. The summed E-state index contributed by atoms with van der Waals surface area (Å²) in [4.78, 5) is 0. The highest BCUT2D eigenvalue weighted by atomic mass is 19.4. The Morgan fingerprint density at radius 3 is 2.47 bits per heavy atom. The van der Waals surface area contributed by atoms with E-state index >= 15 is 0 Å². The molecule has 2 aromatic rings. The molecule has 2 rings (SSSR count). The summed E-state index contributed by atoms with van der Waals surface area (Å²) in [5.41, 5.74) is 0.258. The van der Waals surface area contributed by atoms with Gasteiger partial charge in [0, 0.05) is 12.3 Å². The molecule has 0 aliphatic carbocycles. The molecule has 3 nitrogen and oxygen atoms in total. The van der Waals surface area contributed by atoms with Gasteiger partial charge in [0.1, 0.15) is 11.6 Å². The number of aromatic nitrogens is 1. The van der Waals surface area contributed by atoms with Gasteiger partial charge in [-0.15, -0.1) is 13.2 Å². The SMILES string of the molecule is Cc1cc(F)cc(OC(F)(F)F)c1-n1ccc(O)c1. The van der Waals surface area contributed by atoms with Crippen LogP contribution in [-0.2, 0) is 0 Å². The fraction of sp³-hybridized carbons (Fsp3) is 0.167. The number of aromatic hydroxyl groups is 1. The number of rotatable bonds is 2. The number of aryl methyl sites for hydroxylation is 1. The number of hydrogen-bond donors (Lipinski definition) is 1. The van der Waals surface area contributed by atoms with E-state index in [2.05, 4.69) is 4.74 Å². The van der Waals surface area contributed by atoms with E-state index in [4.69, 9.17) is 0 Å². The van der Waals surface area contributed by atoms with Crippen LogP contribution < -0.4 is 4.74 Å². The lowest BCUT2D eigenvalue weighted by Gasteiger charge is -2.16. The summed E-state index contributed by atoms with van der Waals surface area (Å²) in [5, 5.41) is 9.23. The van der Waals surface area contributed by atoms with Gasteiger partial charge in [-0.25, -0.2) is 4.39 Å². The first-order valence-electron chi connectivity index (χ1n) is 5.19. The molecule has 19 heavy (non-hydrogen) atoms. The van der Waals surface area contributed by atoms with Crippen molar-refractivity contribution >= 4 is 0 Å². The fourth-order valence-electron chi connectivity index (χ4n) is 1.76. The van der Waals surface area contributed by atoms with Crippen molar-refractivity contribution in [2.75, 3.05) is 0 Å². The Kier molecular flexibility index (Phi) is 3.13. The summed E-state index contributed by atoms with van der Waals surface area (Å²) < 4.78 is 55.1. The van der Waals surface area contributed by atoms with Crippen molar-refractivity contribution in [3.63, 3.8) is 0 Å². The molecule has 1 heterocycles. The van der Waals surface area contributed by atoms with Gasteiger partial charge in [0.2, 0.25) is 0 Å². The highest BCUT2D eigenvalue weighted by Crippen LogP contribution is 2.33. The minimum Gasteiger partial charge on any atom is -0.506 e. The maximum absolute atomic E-state index is 13.2. The van der Waals surface area contributed by atoms with E-state index in [1.165, 1.54) is 30.0 Å². The standard InChI is InChI=1S/C12H9F4NO2/c1-7-4-8(13)5-10(19-12(14,15)16)11(7)17-3-2-9(18)6-17/h2-6,18H,1H3. The van der Waals surface area contributed by atoms with E-state index in [-0.39, 0.29) is 17.0 Å². The normalized spacial score (nSPS) is 11.6. The van der Waals surface area contributed by atoms with Crippen LogP contribution in [0.25, 0.3) is 5.69 Å². The van der Waals surface area contributed by atoms with E-state index in [9.17, 15) is 22.7 Å². The van der Waals surface area contributed by atoms with Crippen LogP contribution in [0.2, 0.25) is 0 Å². The highest BCUT2D eigenvalue weighted by Gasteiger charge is 2.33. The van der Waals surface area contributed by atoms with E-state index in [0.717, 1.165) is 6.07 Å². The quantitative estimate of drug-likeness (QED) is 0.851. The maximum Gasteiger partial charge on any atom is 0.573 e. The number of halogens is 4. The van der Waals surface area contributed by atoms with Crippen LogP contribution in [0.5, 0.6) is 11.5 Å². The molecule has 0 atom stereocenters. The molecule has 1 aromatic heterocycles. The lowest BCUT2D eigenvalue weighted by molar-refractivity contribution is -0.274. The molecule has 0 spiro atoms. The second-order valence-corrected chi connectivity index (χ2v) is 3.89. The van der Waals surface area contributed by atoms with E-state index in [0.29, 0.717) is 6.07 Å². The summed E-state index contributed by atoms with van der Waals surface area (Å²) in [6.07, 6.45) is -2.38. The summed E-state index contributed by atoms with van der Waals surface area (Å²) in [7, 11) is 0. The zero-order valence-electron chi connectivity index (χ0n) is 9.70. The molecule has 0 aliphatic heterocycles. The van der Waals surface area contributed by atoms with Crippen LogP contribution in [0.1, 0.15) is 5.56 Å². The number of alkyl halides is 3. The van der Waals surface area contributed by atoms with Gasteiger partial charge >= 0.3 is 6.36 Å².